The predicted molar refractivity (Wildman–Crippen MR) is 158 cm³/mol. The Labute approximate surface area is 239 Å². The lowest BCUT2D eigenvalue weighted by molar-refractivity contribution is 0.103. The fraction of sp³-hybridized carbons (Fsp3) is 0.0571. The highest BCUT2D eigenvalue weighted by atomic mass is 16.7. The normalized spacial score (nSPS) is 13.1. The molecule has 42 heavy (non-hydrogen) atoms. The average molecular weight is 555 g/mol. The topological polar surface area (TPSA) is 94.5 Å². The molecule has 0 atom stereocenters. The molecule has 0 saturated heterocycles. The quantitative estimate of drug-likeness (QED) is 0.219. The first-order chi connectivity index (χ1) is 20.6. The van der Waals surface area contributed by atoms with E-state index >= 15 is 0 Å². The zero-order valence-electron chi connectivity index (χ0n) is 22.1. The largest absolute Gasteiger partial charge is 0.507 e. The third-order valence-electron chi connectivity index (χ3n) is 7.91. The van der Waals surface area contributed by atoms with Gasteiger partial charge >= 0.3 is 0 Å². The number of fused-ring (bicyclic) bond motifs is 4. The van der Waals surface area contributed by atoms with Crippen LogP contribution in [0, 0.1) is 0 Å². The molecule has 0 unspecified atom stereocenters. The van der Waals surface area contributed by atoms with E-state index in [1.54, 1.807) is 36.4 Å². The second kappa shape index (κ2) is 9.17. The Morgan fingerprint density at radius 1 is 0.524 bits per heavy atom. The van der Waals surface area contributed by atoms with E-state index in [-0.39, 0.29) is 30.9 Å². The van der Waals surface area contributed by atoms with Crippen molar-refractivity contribution in [3.8, 4) is 56.8 Å². The van der Waals surface area contributed by atoms with Crippen molar-refractivity contribution in [1.82, 2.24) is 0 Å². The minimum absolute atomic E-state index is 0.00540. The van der Waals surface area contributed by atoms with E-state index in [0.29, 0.717) is 67.2 Å². The van der Waals surface area contributed by atoms with Gasteiger partial charge in [-0.25, -0.2) is 0 Å². The van der Waals surface area contributed by atoms with Crippen LogP contribution in [-0.4, -0.2) is 29.6 Å². The maximum Gasteiger partial charge on any atom is 0.231 e. The fourth-order valence-corrected chi connectivity index (χ4v) is 5.92. The summed E-state index contributed by atoms with van der Waals surface area (Å²) < 4.78 is 23.0. The number of hydrogen-bond donors (Lipinski definition) is 2. The molecule has 0 radical (unpaired) electrons. The lowest BCUT2D eigenvalue weighted by Crippen LogP contribution is -2.07. The Bertz CT molecular complexity index is 1950. The number of ether oxygens (including phenoxy) is 4. The van der Waals surface area contributed by atoms with Crippen molar-refractivity contribution in [2.24, 2.45) is 0 Å². The van der Waals surface area contributed by atoms with Gasteiger partial charge in [-0.2, -0.15) is 0 Å². The molecule has 0 fully saturated rings. The number of benzene rings is 6. The van der Waals surface area contributed by atoms with Crippen molar-refractivity contribution in [2.45, 2.75) is 0 Å². The highest BCUT2D eigenvalue weighted by Crippen LogP contribution is 2.51. The van der Waals surface area contributed by atoms with Gasteiger partial charge in [0.2, 0.25) is 13.6 Å². The van der Waals surface area contributed by atoms with E-state index in [4.69, 9.17) is 18.9 Å². The summed E-state index contributed by atoms with van der Waals surface area (Å²) in [5.41, 5.74) is 2.31. The molecule has 6 aromatic carbocycles. The van der Waals surface area contributed by atoms with E-state index in [0.717, 1.165) is 10.8 Å². The molecule has 0 aliphatic carbocycles. The van der Waals surface area contributed by atoms with Crippen LogP contribution in [0.5, 0.6) is 34.5 Å². The van der Waals surface area contributed by atoms with E-state index in [9.17, 15) is 15.0 Å². The molecule has 2 N–H and O–H groups in total. The van der Waals surface area contributed by atoms with E-state index in [1.165, 1.54) is 0 Å². The summed E-state index contributed by atoms with van der Waals surface area (Å²) in [5.74, 6) is 1.42. The summed E-state index contributed by atoms with van der Waals surface area (Å²) in [4.78, 5) is 14.6. The van der Waals surface area contributed by atoms with Gasteiger partial charge in [0.25, 0.3) is 0 Å². The SMILES string of the molecule is O=C(c1ccc2c(c1-c1ccc3ccccc3c1O)OCO2)c1ccc2c(c1-c1ccc3ccccc3c1O)OCO2. The van der Waals surface area contributed by atoms with Crippen molar-refractivity contribution >= 4 is 27.3 Å². The third-order valence-corrected chi connectivity index (χ3v) is 7.91. The van der Waals surface area contributed by atoms with Crippen molar-refractivity contribution in [3.05, 3.63) is 108 Å². The summed E-state index contributed by atoms with van der Waals surface area (Å²) in [6.45, 7) is -0.0108. The molecule has 204 valence electrons. The number of aromatic hydroxyl groups is 2. The van der Waals surface area contributed by atoms with Gasteiger partial charge < -0.3 is 29.2 Å². The maximum atomic E-state index is 14.6. The molecule has 8 rings (SSSR count). The number of phenols is 2. The first-order valence-corrected chi connectivity index (χ1v) is 13.4. The van der Waals surface area contributed by atoms with Crippen LogP contribution in [0.4, 0.5) is 0 Å². The van der Waals surface area contributed by atoms with Crippen molar-refractivity contribution in [1.29, 1.82) is 0 Å². The number of ketones is 1. The summed E-state index contributed by atoms with van der Waals surface area (Å²) in [7, 11) is 0. The van der Waals surface area contributed by atoms with Crippen LogP contribution in [-0.2, 0) is 0 Å². The Hall–Kier alpha value is -5.69. The number of phenolic OH excluding ortho intramolecular Hbond substituents is 2. The Morgan fingerprint density at radius 2 is 0.976 bits per heavy atom. The number of carbonyl (C=O) groups is 1. The van der Waals surface area contributed by atoms with E-state index in [2.05, 4.69) is 0 Å². The van der Waals surface area contributed by atoms with Gasteiger partial charge in [-0.05, 0) is 47.2 Å². The van der Waals surface area contributed by atoms with Crippen molar-refractivity contribution in [2.75, 3.05) is 13.6 Å². The van der Waals surface area contributed by atoms with Gasteiger partial charge in [0.15, 0.2) is 28.8 Å². The summed E-state index contributed by atoms with van der Waals surface area (Å²) in [5, 5.41) is 25.9. The first kappa shape index (κ1) is 24.1. The number of hydrogen-bond acceptors (Lipinski definition) is 7. The minimum atomic E-state index is -0.350. The first-order valence-electron chi connectivity index (χ1n) is 13.4. The van der Waals surface area contributed by atoms with E-state index < -0.39 is 0 Å². The fourth-order valence-electron chi connectivity index (χ4n) is 5.92. The lowest BCUT2D eigenvalue weighted by atomic mass is 9.87. The van der Waals surface area contributed by atoms with Gasteiger partial charge in [-0.3, -0.25) is 4.79 Å². The smallest absolute Gasteiger partial charge is 0.231 e. The molecular formula is C35H22O7. The van der Waals surface area contributed by atoms with Gasteiger partial charge in [0.1, 0.15) is 11.5 Å². The Kier molecular flexibility index (Phi) is 5.27. The minimum Gasteiger partial charge on any atom is -0.507 e. The molecule has 0 aromatic heterocycles. The zero-order valence-corrected chi connectivity index (χ0v) is 22.1. The van der Waals surface area contributed by atoms with Gasteiger partial charge in [-0.15, -0.1) is 0 Å². The Morgan fingerprint density at radius 3 is 1.45 bits per heavy atom. The summed E-state index contributed by atoms with van der Waals surface area (Å²) >= 11 is 0. The molecule has 7 heteroatoms. The molecule has 0 bridgehead atoms. The molecule has 0 spiro atoms. The lowest BCUT2D eigenvalue weighted by Gasteiger charge is -2.18. The van der Waals surface area contributed by atoms with Crippen LogP contribution in [0.15, 0.2) is 97.1 Å². The zero-order chi connectivity index (χ0) is 28.4. The molecule has 0 saturated carbocycles. The average Bonchev–Trinajstić information content (AvgIpc) is 3.71. The second-order valence-electron chi connectivity index (χ2n) is 10.1. The predicted octanol–water partition coefficient (Wildman–Crippen LogP) is 7.43. The molecule has 7 nitrogen and oxygen atoms in total. The molecule has 2 heterocycles. The number of rotatable bonds is 4. The summed E-state index contributed by atoms with van der Waals surface area (Å²) in [6, 6.07) is 29.1. The molecular weight excluding hydrogens is 532 g/mol. The van der Waals surface area contributed by atoms with E-state index in [1.807, 2.05) is 60.7 Å². The van der Waals surface area contributed by atoms with Crippen LogP contribution in [0.25, 0.3) is 43.8 Å². The number of carbonyl (C=O) groups excluding carboxylic acids is 1. The van der Waals surface area contributed by atoms with Gasteiger partial charge in [0, 0.05) is 44.2 Å². The molecule has 0 amide bonds. The highest BCUT2D eigenvalue weighted by Gasteiger charge is 2.32. The van der Waals surface area contributed by atoms with Crippen LogP contribution < -0.4 is 18.9 Å². The van der Waals surface area contributed by atoms with Crippen LogP contribution in [0.1, 0.15) is 15.9 Å². The second-order valence-corrected chi connectivity index (χ2v) is 10.1. The van der Waals surface area contributed by atoms with Crippen LogP contribution >= 0.6 is 0 Å². The monoisotopic (exact) mass is 554 g/mol. The van der Waals surface area contributed by atoms with Crippen LogP contribution in [0.2, 0.25) is 0 Å². The van der Waals surface area contributed by atoms with Gasteiger partial charge in [0.05, 0.1) is 0 Å². The van der Waals surface area contributed by atoms with Gasteiger partial charge in [-0.1, -0.05) is 60.7 Å². The molecule has 2 aliphatic heterocycles. The van der Waals surface area contributed by atoms with Crippen molar-refractivity contribution < 1.29 is 34.0 Å². The highest BCUT2D eigenvalue weighted by molar-refractivity contribution is 6.19. The van der Waals surface area contributed by atoms with Crippen molar-refractivity contribution in [3.63, 3.8) is 0 Å². The Balaban J connectivity index is 1.38. The third kappa shape index (κ3) is 3.50. The standard InChI is InChI=1S/C35H22O7/c36-31-21-7-3-1-5-19(21)9-11-23(31)29-25(13-15-27-34(29)41-17-39-27)33(38)26-14-16-28-35(42-18-40-28)30(26)24-12-10-20-6-2-4-8-22(20)32(24)37/h1-16,36-37H,17-18H2. The maximum absolute atomic E-state index is 14.6. The molecule has 6 aromatic rings. The summed E-state index contributed by atoms with van der Waals surface area (Å²) in [6.07, 6.45) is 0. The molecule has 2 aliphatic rings. The van der Waals surface area contributed by atoms with Crippen LogP contribution in [0.3, 0.4) is 0 Å².